The first-order chi connectivity index (χ1) is 19.3. The van der Waals surface area contributed by atoms with E-state index in [9.17, 15) is 0 Å². The van der Waals surface area contributed by atoms with Crippen LogP contribution >= 0.6 is 15.8 Å². The molecule has 4 aromatic carbocycles. The van der Waals surface area contributed by atoms with Crippen LogP contribution < -0.4 is 35.4 Å². The Labute approximate surface area is 273 Å². The van der Waals surface area contributed by atoms with E-state index in [4.69, 9.17) is 0 Å². The van der Waals surface area contributed by atoms with Crippen LogP contribution in [0, 0.1) is 0 Å². The summed E-state index contributed by atoms with van der Waals surface area (Å²) in [5, 5.41) is 6.47. The van der Waals surface area contributed by atoms with Crippen LogP contribution in [0.15, 0.2) is 120 Å². The van der Waals surface area contributed by atoms with Crippen molar-refractivity contribution in [3.8, 4) is 0 Å². The maximum Gasteiger partial charge on any atom is -1.00 e. The molecule has 4 aromatic rings. The van der Waals surface area contributed by atoms with Gasteiger partial charge in [-0.2, -0.15) is 0 Å². The van der Waals surface area contributed by atoms with Crippen LogP contribution in [0.1, 0.15) is 56.2 Å². The summed E-state index contributed by atoms with van der Waals surface area (Å²) in [7, 11) is -0.642. The van der Waals surface area contributed by atoms with Crippen LogP contribution in [-0.2, 0) is 23.2 Å². The molecule has 0 N–H and O–H groups in total. The number of halogens is 2. The minimum absolute atomic E-state index is 0. The van der Waals surface area contributed by atoms with Crippen molar-refractivity contribution in [2.75, 3.05) is 12.3 Å². The second-order valence-corrected chi connectivity index (χ2v) is 18.8. The topological polar surface area (TPSA) is 0 Å². The predicted molar refractivity (Wildman–Crippen MR) is 171 cm³/mol. The summed E-state index contributed by atoms with van der Waals surface area (Å²) in [5.41, 5.74) is 6.19. The molecule has 0 aromatic heterocycles. The molecule has 2 aliphatic rings. The Bertz CT molecular complexity index is 1440. The SMILES string of the molecule is CCCP(CCC)C1=Cc2ccccc2[CH]1[Zr+2][CH]1C(P(c2ccccc2)c2ccccc2)=Cc2ccccc21.[Cl-].[Cl-]. The fraction of sp³-hybridized carbons (Fsp3) is 0.222. The molecule has 0 bridgehead atoms. The van der Waals surface area contributed by atoms with E-state index in [1.54, 1.807) is 16.4 Å². The van der Waals surface area contributed by atoms with E-state index in [2.05, 4.69) is 135 Å². The molecular formula is C36H36Cl2P2Zr. The third-order valence-corrected chi connectivity index (χ3v) is 19.3. The average molecular weight is 693 g/mol. The molecule has 0 radical (unpaired) electrons. The van der Waals surface area contributed by atoms with E-state index in [0.717, 1.165) is 0 Å². The first kappa shape index (κ1) is 32.6. The summed E-state index contributed by atoms with van der Waals surface area (Å²) >= 11 is -0.972. The van der Waals surface area contributed by atoms with Gasteiger partial charge in [-0.15, -0.1) is 0 Å². The van der Waals surface area contributed by atoms with Gasteiger partial charge in [0.2, 0.25) is 0 Å². The zero-order valence-electron chi connectivity index (χ0n) is 23.7. The van der Waals surface area contributed by atoms with Gasteiger partial charge >= 0.3 is 250 Å². The zero-order chi connectivity index (χ0) is 26.6. The van der Waals surface area contributed by atoms with Crippen molar-refractivity contribution < 1.29 is 48.0 Å². The van der Waals surface area contributed by atoms with Crippen molar-refractivity contribution in [1.82, 2.24) is 0 Å². The third-order valence-electron chi connectivity index (χ3n) is 7.78. The van der Waals surface area contributed by atoms with Crippen molar-refractivity contribution in [2.45, 2.75) is 33.9 Å². The maximum absolute atomic E-state index is 2.64. The Hall–Kier alpha value is -1.32. The van der Waals surface area contributed by atoms with Gasteiger partial charge in [-0.05, 0) is 0 Å². The molecule has 0 amide bonds. The van der Waals surface area contributed by atoms with Crippen LogP contribution in [0.3, 0.4) is 0 Å². The molecule has 0 aliphatic heterocycles. The molecule has 2 unspecified atom stereocenters. The van der Waals surface area contributed by atoms with Crippen LogP contribution in [0.2, 0.25) is 0 Å². The summed E-state index contributed by atoms with van der Waals surface area (Å²) in [6.07, 6.45) is 10.6. The molecule has 0 saturated carbocycles. The Morgan fingerprint density at radius 3 is 1.44 bits per heavy atom. The molecule has 41 heavy (non-hydrogen) atoms. The molecule has 2 aliphatic carbocycles. The van der Waals surface area contributed by atoms with Gasteiger partial charge in [0, 0.05) is 0 Å². The maximum atomic E-state index is 2.64. The first-order valence-corrected chi connectivity index (χ1v) is 20.2. The van der Waals surface area contributed by atoms with Gasteiger partial charge in [0.15, 0.2) is 0 Å². The van der Waals surface area contributed by atoms with Crippen molar-refractivity contribution in [3.05, 3.63) is 142 Å². The smallest absolute Gasteiger partial charge is 1.00 e. The van der Waals surface area contributed by atoms with Gasteiger partial charge in [0.05, 0.1) is 0 Å². The molecule has 0 nitrogen and oxygen atoms in total. The van der Waals surface area contributed by atoms with Crippen molar-refractivity contribution in [2.24, 2.45) is 0 Å². The molecule has 0 spiro atoms. The largest absolute Gasteiger partial charge is 1.00 e. The molecule has 5 heteroatoms. The molecule has 6 rings (SSSR count). The van der Waals surface area contributed by atoms with Crippen LogP contribution in [-0.4, -0.2) is 12.3 Å². The average Bonchev–Trinajstić information content (AvgIpc) is 3.53. The summed E-state index contributed by atoms with van der Waals surface area (Å²) in [6.45, 7) is 4.76. The standard InChI is InChI=1S/C21H16P.C15H20P.2ClH.Zr/c1-3-11-19(12-4-1)22(20-13-5-2-6-14-20)21-15-17-9-7-8-10-18(17)16-21;1-3-9-16(10-4-2)15-11-13-7-5-6-8-14(13)12-15;;;/h1-16H;5-8,11-12H,3-4,9-10H2,1-2H3;2*1H;/q;;;;+2/p-2. The molecule has 2 atom stereocenters. The van der Waals surface area contributed by atoms with E-state index < -0.39 is 31.2 Å². The fourth-order valence-electron chi connectivity index (χ4n) is 6.11. The molecule has 0 fully saturated rings. The van der Waals surface area contributed by atoms with Gasteiger partial charge in [-0.3, -0.25) is 0 Å². The van der Waals surface area contributed by atoms with Crippen LogP contribution in [0.25, 0.3) is 12.2 Å². The zero-order valence-corrected chi connectivity index (χ0v) is 29.4. The van der Waals surface area contributed by atoms with Crippen molar-refractivity contribution in [3.63, 3.8) is 0 Å². The van der Waals surface area contributed by atoms with Gasteiger partial charge in [-0.1, -0.05) is 0 Å². The Morgan fingerprint density at radius 2 is 0.951 bits per heavy atom. The van der Waals surface area contributed by atoms with E-state index in [0.29, 0.717) is 7.25 Å². The second kappa shape index (κ2) is 15.4. The molecule has 208 valence electrons. The molecule has 0 saturated heterocycles. The quantitative estimate of drug-likeness (QED) is 0.223. The van der Waals surface area contributed by atoms with Gasteiger partial charge in [0.25, 0.3) is 0 Å². The van der Waals surface area contributed by atoms with Gasteiger partial charge in [-0.25, -0.2) is 0 Å². The first-order valence-electron chi connectivity index (χ1n) is 14.3. The number of allylic oxidation sites excluding steroid dienone is 2. The monoisotopic (exact) mass is 690 g/mol. The van der Waals surface area contributed by atoms with E-state index in [1.165, 1.54) is 46.9 Å². The van der Waals surface area contributed by atoms with Crippen molar-refractivity contribution >= 4 is 38.6 Å². The summed E-state index contributed by atoms with van der Waals surface area (Å²) in [4.78, 5) is 0. The normalized spacial score (nSPS) is 16.7. The second-order valence-electron chi connectivity index (χ2n) is 10.4. The van der Waals surface area contributed by atoms with Gasteiger partial charge in [0.1, 0.15) is 0 Å². The van der Waals surface area contributed by atoms with Gasteiger partial charge < -0.3 is 24.8 Å². The fourth-order valence-corrected chi connectivity index (χ4v) is 18.7. The minimum Gasteiger partial charge on any atom is -1.00 e. The predicted octanol–water partition coefficient (Wildman–Crippen LogP) is 3.70. The van der Waals surface area contributed by atoms with Crippen LogP contribution in [0.5, 0.6) is 0 Å². The summed E-state index contributed by atoms with van der Waals surface area (Å²) < 4.78 is 1.27. The van der Waals surface area contributed by atoms with Crippen LogP contribution in [0.4, 0.5) is 0 Å². The van der Waals surface area contributed by atoms with Crippen molar-refractivity contribution in [1.29, 1.82) is 0 Å². The number of rotatable bonds is 10. The summed E-state index contributed by atoms with van der Waals surface area (Å²) in [6, 6.07) is 41.3. The van der Waals surface area contributed by atoms with E-state index >= 15 is 0 Å². The Kier molecular flexibility index (Phi) is 12.3. The minimum atomic E-state index is -0.972. The number of hydrogen-bond acceptors (Lipinski definition) is 0. The molecular weight excluding hydrogens is 656 g/mol. The van der Waals surface area contributed by atoms with E-state index in [-0.39, 0.29) is 32.7 Å². The third kappa shape index (κ3) is 6.93. The number of fused-ring (bicyclic) bond motifs is 2. The Morgan fingerprint density at radius 1 is 0.537 bits per heavy atom. The summed E-state index contributed by atoms with van der Waals surface area (Å²) in [5.74, 6) is 0. The van der Waals surface area contributed by atoms with E-state index in [1.807, 2.05) is 5.31 Å². The molecule has 0 heterocycles. The number of hydrogen-bond donors (Lipinski definition) is 0. The number of benzene rings is 4. The Balaban J connectivity index is 0.00000194.